The maximum Gasteiger partial charge on any atom is 0.333 e. The predicted octanol–water partition coefficient (Wildman–Crippen LogP) is 2.60. The molecule has 54 heavy (non-hydrogen) atoms. The Hall–Kier alpha value is -3.44. The van der Waals surface area contributed by atoms with Gasteiger partial charge in [0.25, 0.3) is 0 Å². The van der Waals surface area contributed by atoms with Gasteiger partial charge in [-0.05, 0) is 34.1 Å². The summed E-state index contributed by atoms with van der Waals surface area (Å²) in [7, 11) is 0. The molecule has 0 aromatic carbocycles. The molecule has 15 heteroatoms. The van der Waals surface area contributed by atoms with Crippen LogP contribution >= 0.6 is 0 Å². The average Bonchev–Trinajstić information content (AvgIpc) is 3.10. The smallest absolute Gasteiger partial charge is 0.333 e. The summed E-state index contributed by atoms with van der Waals surface area (Å²) < 4.78 is 26.9. The molecule has 0 aliphatic rings. The minimum Gasteiger partial charge on any atom is -0.460 e. The normalized spacial score (nSPS) is 14.1. The van der Waals surface area contributed by atoms with Gasteiger partial charge in [-0.1, -0.05) is 71.8 Å². The monoisotopic (exact) mass is 770 g/mol. The first-order valence-corrected chi connectivity index (χ1v) is 18.5. The summed E-state index contributed by atoms with van der Waals surface area (Å²) in [6, 6.07) is 0. The molecule has 0 aromatic heterocycles. The lowest BCUT2D eigenvalue weighted by Gasteiger charge is -2.38. The molecule has 0 aliphatic heterocycles. The van der Waals surface area contributed by atoms with E-state index in [-0.39, 0.29) is 61.6 Å². The molecule has 5 unspecified atom stereocenters. The molecular weight excluding hydrogens is 704 g/mol. The lowest BCUT2D eigenvalue weighted by molar-refractivity contribution is -0.149. The van der Waals surface area contributed by atoms with Crippen molar-refractivity contribution >= 4 is 23.9 Å². The Morgan fingerprint density at radius 3 is 1.15 bits per heavy atom. The second kappa shape index (κ2) is 28.9. The highest BCUT2D eigenvalue weighted by Gasteiger charge is 2.30. The van der Waals surface area contributed by atoms with Crippen molar-refractivity contribution in [2.45, 2.75) is 110 Å². The highest BCUT2D eigenvalue weighted by molar-refractivity contribution is 5.88. The first-order chi connectivity index (χ1) is 25.4. The molecule has 15 nitrogen and oxygen atoms in total. The summed E-state index contributed by atoms with van der Waals surface area (Å²) in [4.78, 5) is 51.3. The standard InChI is InChI=1S/C39H66N2O13/c1-10-11-12-13-14-15-16-17-50-35(41(20-33(44)25-53-38(48)29(6)7)21-34(45)26-54-39(49)30(8)9)22-40(18-31(42)23-51-36(46)27(2)3)19-32(43)24-52-37(47)28(4)5/h31-35,42-45H,2,4,6,8,10-26H2,1,3,5,7,9H3. The molecule has 0 saturated carbocycles. The number of carbonyl (C=O) groups excluding carboxylic acids is 4. The van der Waals surface area contributed by atoms with Crippen molar-refractivity contribution in [1.29, 1.82) is 0 Å². The summed E-state index contributed by atoms with van der Waals surface area (Å²) in [5, 5.41) is 43.8. The predicted molar refractivity (Wildman–Crippen MR) is 203 cm³/mol. The third-order valence-corrected chi connectivity index (χ3v) is 7.73. The quantitative estimate of drug-likeness (QED) is 0.0256. The lowest BCUT2D eigenvalue weighted by Crippen LogP contribution is -2.54. The molecule has 0 bridgehead atoms. The molecule has 0 rings (SSSR count). The van der Waals surface area contributed by atoms with Crippen molar-refractivity contribution in [2.24, 2.45) is 0 Å². The molecule has 0 amide bonds. The van der Waals surface area contributed by atoms with Gasteiger partial charge in [0.2, 0.25) is 0 Å². The largest absolute Gasteiger partial charge is 0.460 e. The summed E-state index contributed by atoms with van der Waals surface area (Å²) in [6.07, 6.45) is 1.15. The number of unbranched alkanes of at least 4 members (excludes halogenated alkanes) is 6. The fourth-order valence-corrected chi connectivity index (χ4v) is 4.83. The van der Waals surface area contributed by atoms with Crippen LogP contribution in [0.3, 0.4) is 0 Å². The Labute approximate surface area is 321 Å². The number of nitrogens with zero attached hydrogens (tertiary/aromatic N) is 2. The van der Waals surface area contributed by atoms with E-state index in [1.807, 2.05) is 0 Å². The van der Waals surface area contributed by atoms with E-state index in [0.29, 0.717) is 6.42 Å². The molecule has 0 saturated heterocycles. The van der Waals surface area contributed by atoms with Gasteiger partial charge in [0.15, 0.2) is 0 Å². The number of carbonyl (C=O) groups is 4. The number of aliphatic hydroxyl groups is 4. The molecule has 4 N–H and O–H groups in total. The topological polar surface area (TPSA) is 202 Å². The number of hydrogen-bond acceptors (Lipinski definition) is 15. The van der Waals surface area contributed by atoms with Gasteiger partial charge in [-0.2, -0.15) is 0 Å². The Kier molecular flexibility index (Phi) is 27.1. The van der Waals surface area contributed by atoms with Crippen LogP contribution in [0.2, 0.25) is 0 Å². The molecule has 0 radical (unpaired) electrons. The third-order valence-electron chi connectivity index (χ3n) is 7.73. The molecule has 0 heterocycles. The first kappa shape index (κ1) is 50.6. The van der Waals surface area contributed by atoms with Crippen molar-refractivity contribution in [3.63, 3.8) is 0 Å². The average molecular weight is 771 g/mol. The summed E-state index contributed by atoms with van der Waals surface area (Å²) in [6.45, 7) is 20.1. The molecular formula is C39H66N2O13. The van der Waals surface area contributed by atoms with E-state index in [9.17, 15) is 39.6 Å². The van der Waals surface area contributed by atoms with E-state index >= 15 is 0 Å². The van der Waals surface area contributed by atoms with E-state index in [0.717, 1.165) is 38.5 Å². The summed E-state index contributed by atoms with van der Waals surface area (Å²) in [5.41, 5.74) is 0.562. The van der Waals surface area contributed by atoms with Crippen molar-refractivity contribution < 1.29 is 63.3 Å². The molecule has 0 aliphatic carbocycles. The maximum absolute atomic E-state index is 12.1. The van der Waals surface area contributed by atoms with Crippen LogP contribution in [0.4, 0.5) is 0 Å². The van der Waals surface area contributed by atoms with Gasteiger partial charge in [0.05, 0.1) is 0 Å². The number of esters is 4. The van der Waals surface area contributed by atoms with Crippen molar-refractivity contribution in [1.82, 2.24) is 9.80 Å². The number of rotatable bonds is 32. The molecule has 0 spiro atoms. The van der Waals surface area contributed by atoms with Gasteiger partial charge in [-0.3, -0.25) is 9.80 Å². The van der Waals surface area contributed by atoms with Crippen LogP contribution < -0.4 is 0 Å². The summed E-state index contributed by atoms with van der Waals surface area (Å²) in [5.74, 6) is -2.80. The van der Waals surface area contributed by atoms with E-state index in [4.69, 9.17) is 23.7 Å². The summed E-state index contributed by atoms with van der Waals surface area (Å²) >= 11 is 0. The fraction of sp³-hybridized carbons (Fsp3) is 0.692. The van der Waals surface area contributed by atoms with Crippen molar-refractivity contribution in [2.75, 3.05) is 65.8 Å². The number of aliphatic hydroxyl groups excluding tert-OH is 4. The van der Waals surface area contributed by atoms with Gasteiger partial charge in [-0.25, -0.2) is 19.2 Å². The number of ether oxygens (including phenoxy) is 5. The van der Waals surface area contributed by atoms with Crippen LogP contribution in [0, 0.1) is 0 Å². The first-order valence-electron chi connectivity index (χ1n) is 18.5. The Balaban J connectivity index is 6.47. The third kappa shape index (κ3) is 24.8. The highest BCUT2D eigenvalue weighted by Crippen LogP contribution is 2.14. The second-order valence-corrected chi connectivity index (χ2v) is 13.7. The van der Waals surface area contributed by atoms with Crippen molar-refractivity contribution in [3.8, 4) is 0 Å². The highest BCUT2D eigenvalue weighted by atomic mass is 16.6. The zero-order chi connectivity index (χ0) is 41.2. The van der Waals surface area contributed by atoms with Crippen LogP contribution in [0.15, 0.2) is 48.6 Å². The SMILES string of the molecule is C=C(C)C(=O)OCC(O)CN(CC(O)COC(=O)C(=C)C)CC(OCCCCCCCCC)N(CC(O)COC(=O)C(=C)C)CC(O)COC(=O)C(=C)C. The lowest BCUT2D eigenvalue weighted by atomic mass is 10.1. The fourth-order valence-electron chi connectivity index (χ4n) is 4.83. The van der Waals surface area contributed by atoms with Gasteiger partial charge >= 0.3 is 23.9 Å². The van der Waals surface area contributed by atoms with Crippen molar-refractivity contribution in [3.05, 3.63) is 48.6 Å². The second-order valence-electron chi connectivity index (χ2n) is 13.7. The molecule has 5 atom stereocenters. The van der Waals surface area contributed by atoms with Gasteiger partial charge in [0, 0.05) is 61.6 Å². The van der Waals surface area contributed by atoms with Gasteiger partial charge < -0.3 is 44.1 Å². The molecule has 0 fully saturated rings. The van der Waals surface area contributed by atoms with E-state index in [1.165, 1.54) is 27.7 Å². The van der Waals surface area contributed by atoms with E-state index in [2.05, 4.69) is 33.2 Å². The van der Waals surface area contributed by atoms with Crippen LogP contribution in [-0.4, -0.2) is 151 Å². The Morgan fingerprint density at radius 2 is 0.815 bits per heavy atom. The van der Waals surface area contributed by atoms with E-state index < -0.39 is 80.9 Å². The molecule has 0 aromatic rings. The zero-order valence-corrected chi connectivity index (χ0v) is 33.1. The molecule has 310 valence electrons. The van der Waals surface area contributed by atoms with Crippen LogP contribution in [0.1, 0.15) is 79.6 Å². The Morgan fingerprint density at radius 1 is 0.500 bits per heavy atom. The van der Waals surface area contributed by atoms with Crippen LogP contribution in [0.25, 0.3) is 0 Å². The van der Waals surface area contributed by atoms with E-state index in [1.54, 1.807) is 9.80 Å². The number of hydrogen-bond donors (Lipinski definition) is 4. The van der Waals surface area contributed by atoms with Gasteiger partial charge in [-0.15, -0.1) is 0 Å². The minimum absolute atomic E-state index is 0.0516. The zero-order valence-electron chi connectivity index (χ0n) is 33.1. The maximum atomic E-state index is 12.1. The van der Waals surface area contributed by atoms with Crippen LogP contribution in [-0.2, 0) is 42.9 Å². The van der Waals surface area contributed by atoms with Crippen LogP contribution in [0.5, 0.6) is 0 Å². The Bertz CT molecular complexity index is 1130. The minimum atomic E-state index is -1.27. The van der Waals surface area contributed by atoms with Gasteiger partial charge in [0.1, 0.15) is 57.1 Å².